The summed E-state index contributed by atoms with van der Waals surface area (Å²) in [5.74, 6) is 0. The molecule has 0 saturated heterocycles. The van der Waals surface area contributed by atoms with Crippen LogP contribution < -0.4 is 11.0 Å². The maximum Gasteiger partial charge on any atom is 0.301 e. The molecule has 0 radical (unpaired) electrons. The summed E-state index contributed by atoms with van der Waals surface area (Å²) in [6, 6.07) is 12.1. The van der Waals surface area contributed by atoms with Crippen LogP contribution >= 0.6 is 0 Å². The van der Waals surface area contributed by atoms with Gasteiger partial charge in [-0.3, -0.25) is 35.5 Å². The number of anilines is 1. The zero-order chi connectivity index (χ0) is 20.3. The number of benzene rings is 2. The van der Waals surface area contributed by atoms with Crippen LogP contribution in [0.15, 0.2) is 58.4 Å². The van der Waals surface area contributed by atoms with Crippen molar-refractivity contribution in [3.8, 4) is 5.69 Å². The third-order valence-corrected chi connectivity index (χ3v) is 3.90. The second kappa shape index (κ2) is 7.53. The largest absolute Gasteiger partial charge is 0.301 e. The molecule has 0 unspecified atom stereocenters. The molecule has 0 aliphatic rings. The minimum absolute atomic E-state index is 0.0385. The van der Waals surface area contributed by atoms with E-state index in [0.717, 1.165) is 12.1 Å². The van der Waals surface area contributed by atoms with Gasteiger partial charge in [-0.1, -0.05) is 18.2 Å². The Bertz CT molecular complexity index is 1130. The molecule has 11 heteroatoms. The van der Waals surface area contributed by atoms with E-state index in [-0.39, 0.29) is 16.8 Å². The molecule has 2 N–H and O–H groups in total. The van der Waals surface area contributed by atoms with Gasteiger partial charge in [0.05, 0.1) is 33.4 Å². The molecule has 0 aliphatic heterocycles. The molecule has 0 fully saturated rings. The standard InChI is InChI=1S/C17H14N6O5/c1-11-14(17(24)21(20-11)12-5-3-2-4-6-12)10-18-19-15-8-7-13(22(25)26)9-16(15)23(27)28/h2-10,19-20H,1H3. The highest BCUT2D eigenvalue weighted by atomic mass is 16.6. The lowest BCUT2D eigenvalue weighted by atomic mass is 10.2. The summed E-state index contributed by atoms with van der Waals surface area (Å²) in [5, 5.41) is 28.7. The predicted molar refractivity (Wildman–Crippen MR) is 102 cm³/mol. The minimum Gasteiger partial charge on any atom is -0.295 e. The van der Waals surface area contributed by atoms with Gasteiger partial charge in [0.25, 0.3) is 11.2 Å². The second-order valence-corrected chi connectivity index (χ2v) is 5.71. The minimum atomic E-state index is -0.755. The molecule has 3 aromatic rings. The quantitative estimate of drug-likeness (QED) is 0.380. The Labute approximate surface area is 157 Å². The van der Waals surface area contributed by atoms with Crippen molar-refractivity contribution in [3.05, 3.63) is 90.4 Å². The molecule has 11 nitrogen and oxygen atoms in total. The van der Waals surface area contributed by atoms with Gasteiger partial charge >= 0.3 is 5.69 Å². The molecule has 0 saturated carbocycles. The number of hydrazone groups is 1. The number of nitro groups is 2. The molecule has 0 amide bonds. The number of aryl methyl sites for hydroxylation is 1. The van der Waals surface area contributed by atoms with Crippen molar-refractivity contribution in [2.75, 3.05) is 5.43 Å². The summed E-state index contributed by atoms with van der Waals surface area (Å²) in [7, 11) is 0. The Hall–Kier alpha value is -4.28. The molecule has 1 heterocycles. The number of nitro benzene ring substituents is 2. The van der Waals surface area contributed by atoms with Crippen LogP contribution in [0.5, 0.6) is 0 Å². The first kappa shape index (κ1) is 18.5. The smallest absolute Gasteiger partial charge is 0.295 e. The summed E-state index contributed by atoms with van der Waals surface area (Å²) < 4.78 is 1.35. The van der Waals surface area contributed by atoms with Crippen LogP contribution in [0.25, 0.3) is 5.69 Å². The molecular weight excluding hydrogens is 368 g/mol. The van der Waals surface area contributed by atoms with Gasteiger partial charge in [0.15, 0.2) is 0 Å². The van der Waals surface area contributed by atoms with E-state index in [9.17, 15) is 25.0 Å². The summed E-state index contributed by atoms with van der Waals surface area (Å²) in [6.45, 7) is 1.69. The van der Waals surface area contributed by atoms with Crippen molar-refractivity contribution in [1.82, 2.24) is 9.78 Å². The van der Waals surface area contributed by atoms with E-state index in [4.69, 9.17) is 0 Å². The molecule has 1 aromatic heterocycles. The van der Waals surface area contributed by atoms with Gasteiger partial charge in [-0.25, -0.2) is 4.68 Å². The van der Waals surface area contributed by atoms with Gasteiger partial charge in [-0.05, 0) is 25.1 Å². The Kier molecular flexibility index (Phi) is 4.98. The number of hydrogen-bond acceptors (Lipinski definition) is 7. The second-order valence-electron chi connectivity index (χ2n) is 5.71. The number of aromatic amines is 1. The molecule has 3 rings (SSSR count). The lowest BCUT2D eigenvalue weighted by Crippen LogP contribution is -2.17. The number of aromatic nitrogens is 2. The van der Waals surface area contributed by atoms with E-state index in [1.165, 1.54) is 17.0 Å². The summed E-state index contributed by atoms with van der Waals surface area (Å²) in [6.07, 6.45) is 1.23. The number of rotatable bonds is 6. The normalized spacial score (nSPS) is 10.9. The molecule has 142 valence electrons. The molecule has 0 aliphatic carbocycles. The Balaban J connectivity index is 1.88. The van der Waals surface area contributed by atoms with Gasteiger partial charge in [0.2, 0.25) is 0 Å². The van der Waals surface area contributed by atoms with E-state index in [2.05, 4.69) is 15.6 Å². The number of para-hydroxylation sites is 1. The van der Waals surface area contributed by atoms with Crippen LogP contribution in [0.3, 0.4) is 0 Å². The van der Waals surface area contributed by atoms with Crippen molar-refractivity contribution in [1.29, 1.82) is 0 Å². The maximum absolute atomic E-state index is 12.6. The predicted octanol–water partition coefficient (Wildman–Crippen LogP) is 2.74. The lowest BCUT2D eigenvalue weighted by Gasteiger charge is -2.01. The van der Waals surface area contributed by atoms with Crippen molar-refractivity contribution in [2.45, 2.75) is 6.92 Å². The van der Waals surface area contributed by atoms with Crippen molar-refractivity contribution in [2.24, 2.45) is 5.10 Å². The first-order valence-corrected chi connectivity index (χ1v) is 7.97. The van der Waals surface area contributed by atoms with Crippen LogP contribution in [0.1, 0.15) is 11.3 Å². The Morgan fingerprint density at radius 3 is 2.46 bits per heavy atom. The van der Waals surface area contributed by atoms with Gasteiger partial charge in [0.1, 0.15) is 5.69 Å². The topological polar surface area (TPSA) is 148 Å². The molecule has 0 bridgehead atoms. The van der Waals surface area contributed by atoms with E-state index >= 15 is 0 Å². The molecular formula is C17H14N6O5. The summed E-state index contributed by atoms with van der Waals surface area (Å²) in [5.41, 5.74) is 2.63. The van der Waals surface area contributed by atoms with Crippen LogP contribution in [0, 0.1) is 27.2 Å². The summed E-state index contributed by atoms with van der Waals surface area (Å²) in [4.78, 5) is 33.0. The number of nitrogens with zero attached hydrogens (tertiary/aromatic N) is 4. The zero-order valence-corrected chi connectivity index (χ0v) is 14.5. The van der Waals surface area contributed by atoms with E-state index in [1.54, 1.807) is 31.2 Å². The Morgan fingerprint density at radius 1 is 1.11 bits per heavy atom. The lowest BCUT2D eigenvalue weighted by molar-refractivity contribution is -0.393. The van der Waals surface area contributed by atoms with Crippen molar-refractivity contribution >= 4 is 23.3 Å². The monoisotopic (exact) mass is 382 g/mol. The fourth-order valence-electron chi connectivity index (χ4n) is 2.52. The van der Waals surface area contributed by atoms with Crippen LogP contribution in [-0.4, -0.2) is 25.8 Å². The molecule has 0 spiro atoms. The average Bonchev–Trinajstić information content (AvgIpc) is 2.96. The summed E-state index contributed by atoms with van der Waals surface area (Å²) >= 11 is 0. The van der Waals surface area contributed by atoms with E-state index in [1.807, 2.05) is 6.07 Å². The third-order valence-electron chi connectivity index (χ3n) is 3.90. The molecule has 0 atom stereocenters. The van der Waals surface area contributed by atoms with Gasteiger partial charge in [-0.15, -0.1) is 0 Å². The van der Waals surface area contributed by atoms with Gasteiger partial charge in [-0.2, -0.15) is 5.10 Å². The van der Waals surface area contributed by atoms with Crippen LogP contribution in [0.4, 0.5) is 17.1 Å². The van der Waals surface area contributed by atoms with Gasteiger partial charge < -0.3 is 0 Å². The Morgan fingerprint density at radius 2 is 1.82 bits per heavy atom. The van der Waals surface area contributed by atoms with Crippen molar-refractivity contribution in [3.63, 3.8) is 0 Å². The number of hydrogen-bond donors (Lipinski definition) is 2. The first-order valence-electron chi connectivity index (χ1n) is 7.97. The SMILES string of the molecule is Cc1[nH]n(-c2ccccc2)c(=O)c1C=NNc1ccc([N+](=O)[O-])cc1[N+](=O)[O-]. The maximum atomic E-state index is 12.6. The third kappa shape index (κ3) is 3.62. The highest BCUT2D eigenvalue weighted by molar-refractivity contribution is 5.81. The number of H-pyrrole nitrogens is 1. The number of non-ortho nitro benzene ring substituents is 1. The molecule has 2 aromatic carbocycles. The first-order chi connectivity index (χ1) is 13.4. The van der Waals surface area contributed by atoms with Crippen molar-refractivity contribution < 1.29 is 9.85 Å². The number of nitrogens with one attached hydrogen (secondary N) is 2. The van der Waals surface area contributed by atoms with E-state index < -0.39 is 21.2 Å². The van der Waals surface area contributed by atoms with Gasteiger partial charge in [0, 0.05) is 11.8 Å². The average molecular weight is 382 g/mol. The highest BCUT2D eigenvalue weighted by Gasteiger charge is 2.19. The van der Waals surface area contributed by atoms with E-state index in [0.29, 0.717) is 11.4 Å². The zero-order valence-electron chi connectivity index (χ0n) is 14.5. The van der Waals surface area contributed by atoms with Crippen LogP contribution in [0.2, 0.25) is 0 Å². The fourth-order valence-corrected chi connectivity index (χ4v) is 2.52. The fraction of sp³-hybridized carbons (Fsp3) is 0.0588. The van der Waals surface area contributed by atoms with Crippen LogP contribution in [-0.2, 0) is 0 Å². The molecule has 28 heavy (non-hydrogen) atoms. The highest BCUT2D eigenvalue weighted by Crippen LogP contribution is 2.28.